The molecule has 1 aliphatic carbocycles. The van der Waals surface area contributed by atoms with E-state index < -0.39 is 0 Å². The molecule has 1 N–H and O–H groups in total. The first-order valence-corrected chi connectivity index (χ1v) is 5.83. The van der Waals surface area contributed by atoms with Gasteiger partial charge in [0.25, 0.3) is 0 Å². The number of halogens is 1. The largest absolute Gasteiger partial charge is 0.351 e. The van der Waals surface area contributed by atoms with Gasteiger partial charge >= 0.3 is 0 Å². The molecule has 15 heavy (non-hydrogen) atoms. The second-order valence-electron chi connectivity index (χ2n) is 4.32. The number of hydrogen-bond acceptors (Lipinski definition) is 2. The standard InChI is InChI=1S/C11H18ClNO2/c1-3-4-9(11(12)5-6-11)13-10(15)7-8(2)14/h9H,3-7H2,1-2H3,(H,13,15). The van der Waals surface area contributed by atoms with Crippen molar-refractivity contribution in [1.29, 1.82) is 0 Å². The van der Waals surface area contributed by atoms with Crippen molar-refractivity contribution in [2.45, 2.75) is 56.9 Å². The van der Waals surface area contributed by atoms with Crippen LogP contribution in [0.25, 0.3) is 0 Å². The highest BCUT2D eigenvalue weighted by atomic mass is 35.5. The molecule has 1 unspecified atom stereocenters. The molecule has 0 bridgehead atoms. The summed E-state index contributed by atoms with van der Waals surface area (Å²) in [4.78, 5) is 22.0. The van der Waals surface area contributed by atoms with Gasteiger partial charge in [-0.2, -0.15) is 0 Å². The first-order valence-electron chi connectivity index (χ1n) is 5.45. The molecule has 0 radical (unpaired) electrons. The number of ketones is 1. The fourth-order valence-electron chi connectivity index (χ4n) is 1.69. The van der Waals surface area contributed by atoms with Crippen LogP contribution in [0.2, 0.25) is 0 Å². The molecular formula is C11H18ClNO2. The number of nitrogens with one attached hydrogen (secondary N) is 1. The van der Waals surface area contributed by atoms with Crippen LogP contribution in [0, 0.1) is 0 Å². The third-order valence-electron chi connectivity index (χ3n) is 2.67. The Morgan fingerprint density at radius 3 is 2.47 bits per heavy atom. The Morgan fingerprint density at radius 2 is 2.07 bits per heavy atom. The maximum Gasteiger partial charge on any atom is 0.227 e. The van der Waals surface area contributed by atoms with Gasteiger partial charge in [-0.1, -0.05) is 13.3 Å². The van der Waals surface area contributed by atoms with Crippen LogP contribution in [0.4, 0.5) is 0 Å². The van der Waals surface area contributed by atoms with Gasteiger partial charge in [0.15, 0.2) is 0 Å². The number of carbonyl (C=O) groups excluding carboxylic acids is 2. The molecule has 3 nitrogen and oxygen atoms in total. The van der Waals surface area contributed by atoms with Crippen LogP contribution in [0.1, 0.15) is 46.0 Å². The van der Waals surface area contributed by atoms with Gasteiger partial charge in [0, 0.05) is 6.04 Å². The van der Waals surface area contributed by atoms with E-state index in [1.807, 2.05) is 0 Å². The zero-order valence-corrected chi connectivity index (χ0v) is 10.1. The third-order valence-corrected chi connectivity index (χ3v) is 3.32. The van der Waals surface area contributed by atoms with E-state index in [-0.39, 0.29) is 29.0 Å². The number of amides is 1. The molecule has 0 heterocycles. The maximum absolute atomic E-state index is 11.4. The molecule has 0 spiro atoms. The number of alkyl halides is 1. The Balaban J connectivity index is 2.44. The Bertz CT molecular complexity index is 261. The molecule has 86 valence electrons. The average Bonchev–Trinajstić information content (AvgIpc) is 2.83. The van der Waals surface area contributed by atoms with E-state index in [1.54, 1.807) is 0 Å². The summed E-state index contributed by atoms with van der Waals surface area (Å²) in [6.07, 6.45) is 3.75. The molecule has 0 saturated heterocycles. The summed E-state index contributed by atoms with van der Waals surface area (Å²) in [5.41, 5.74) is 0. The van der Waals surface area contributed by atoms with E-state index in [0.29, 0.717) is 0 Å². The van der Waals surface area contributed by atoms with Crippen LogP contribution in [0.5, 0.6) is 0 Å². The third kappa shape index (κ3) is 3.82. The van der Waals surface area contributed by atoms with Crippen LogP contribution < -0.4 is 5.32 Å². The van der Waals surface area contributed by atoms with Gasteiger partial charge < -0.3 is 5.32 Å². The summed E-state index contributed by atoms with van der Waals surface area (Å²) in [5.74, 6) is -0.310. The van der Waals surface area contributed by atoms with Gasteiger partial charge in [0.2, 0.25) is 5.91 Å². The van der Waals surface area contributed by atoms with E-state index in [1.165, 1.54) is 6.92 Å². The zero-order chi connectivity index (χ0) is 11.5. The van der Waals surface area contributed by atoms with Crippen molar-refractivity contribution in [1.82, 2.24) is 5.32 Å². The lowest BCUT2D eigenvalue weighted by Crippen LogP contribution is -2.42. The Labute approximate surface area is 95.6 Å². The van der Waals surface area contributed by atoms with Crippen molar-refractivity contribution >= 4 is 23.3 Å². The Kier molecular flexibility index (Phi) is 4.14. The first-order chi connectivity index (χ1) is 6.98. The predicted octanol–water partition coefficient (Wildman–Crippen LogP) is 2.02. The van der Waals surface area contributed by atoms with E-state index >= 15 is 0 Å². The highest BCUT2D eigenvalue weighted by Gasteiger charge is 2.47. The smallest absolute Gasteiger partial charge is 0.227 e. The highest BCUT2D eigenvalue weighted by molar-refractivity contribution is 6.26. The Hall–Kier alpha value is -0.570. The molecule has 0 aliphatic heterocycles. The molecule has 1 atom stereocenters. The highest BCUT2D eigenvalue weighted by Crippen LogP contribution is 2.46. The lowest BCUT2D eigenvalue weighted by molar-refractivity contribution is -0.127. The van der Waals surface area contributed by atoms with Gasteiger partial charge in [-0.05, 0) is 26.2 Å². The van der Waals surface area contributed by atoms with Crippen molar-refractivity contribution in [3.05, 3.63) is 0 Å². The molecule has 0 aromatic rings. The molecular weight excluding hydrogens is 214 g/mol. The van der Waals surface area contributed by atoms with Gasteiger partial charge in [-0.15, -0.1) is 11.6 Å². The normalized spacial score (nSPS) is 19.4. The minimum absolute atomic E-state index is 0.0241. The minimum atomic E-state index is -0.234. The van der Waals surface area contributed by atoms with Crippen LogP contribution in [0.3, 0.4) is 0 Å². The zero-order valence-electron chi connectivity index (χ0n) is 9.31. The lowest BCUT2D eigenvalue weighted by atomic mass is 10.1. The summed E-state index contributed by atoms with van der Waals surface area (Å²) in [5, 5.41) is 2.86. The molecule has 1 amide bonds. The van der Waals surface area contributed by atoms with Crippen LogP contribution >= 0.6 is 11.6 Å². The maximum atomic E-state index is 11.4. The van der Waals surface area contributed by atoms with E-state index in [0.717, 1.165) is 25.7 Å². The fourth-order valence-corrected chi connectivity index (χ4v) is 1.95. The second kappa shape index (κ2) is 4.97. The summed E-state index contributed by atoms with van der Waals surface area (Å²) in [6, 6.07) is 0.0241. The Morgan fingerprint density at radius 1 is 1.47 bits per heavy atom. The summed E-state index contributed by atoms with van der Waals surface area (Å²) in [7, 11) is 0. The van der Waals surface area contributed by atoms with Crippen LogP contribution in [-0.4, -0.2) is 22.6 Å². The average molecular weight is 232 g/mol. The quantitative estimate of drug-likeness (QED) is 0.562. The number of carbonyl (C=O) groups is 2. The first kappa shape index (κ1) is 12.5. The summed E-state index contributed by atoms with van der Waals surface area (Å²) >= 11 is 6.27. The lowest BCUT2D eigenvalue weighted by Gasteiger charge is -2.22. The van der Waals surface area contributed by atoms with Gasteiger partial charge in [-0.25, -0.2) is 0 Å². The predicted molar refractivity (Wildman–Crippen MR) is 60.0 cm³/mol. The number of Topliss-reactive ketones (excluding diaryl/α,β-unsaturated/α-hetero) is 1. The SMILES string of the molecule is CCCC(NC(=O)CC(C)=O)C1(Cl)CC1. The van der Waals surface area contributed by atoms with Gasteiger partial charge in [-0.3, -0.25) is 9.59 Å². The van der Waals surface area contributed by atoms with E-state index in [4.69, 9.17) is 11.6 Å². The molecule has 0 aromatic heterocycles. The monoisotopic (exact) mass is 231 g/mol. The van der Waals surface area contributed by atoms with E-state index in [9.17, 15) is 9.59 Å². The fraction of sp³-hybridized carbons (Fsp3) is 0.818. The number of hydrogen-bond donors (Lipinski definition) is 1. The summed E-state index contributed by atoms with van der Waals surface area (Å²) in [6.45, 7) is 3.48. The molecule has 1 aliphatic rings. The van der Waals surface area contributed by atoms with Crippen LogP contribution in [-0.2, 0) is 9.59 Å². The molecule has 1 rings (SSSR count). The minimum Gasteiger partial charge on any atom is -0.351 e. The summed E-state index contributed by atoms with van der Waals surface area (Å²) < 4.78 is 0. The van der Waals surface area contributed by atoms with Crippen molar-refractivity contribution in [3.63, 3.8) is 0 Å². The van der Waals surface area contributed by atoms with Gasteiger partial charge in [0.05, 0.1) is 11.3 Å². The number of rotatable bonds is 6. The van der Waals surface area contributed by atoms with Crippen LogP contribution in [0.15, 0.2) is 0 Å². The van der Waals surface area contributed by atoms with Crippen molar-refractivity contribution < 1.29 is 9.59 Å². The molecule has 1 fully saturated rings. The van der Waals surface area contributed by atoms with E-state index in [2.05, 4.69) is 12.2 Å². The topological polar surface area (TPSA) is 46.2 Å². The van der Waals surface area contributed by atoms with Crippen molar-refractivity contribution in [2.75, 3.05) is 0 Å². The van der Waals surface area contributed by atoms with Crippen molar-refractivity contribution in [3.8, 4) is 0 Å². The van der Waals surface area contributed by atoms with Crippen molar-refractivity contribution in [2.24, 2.45) is 0 Å². The molecule has 0 aromatic carbocycles. The molecule has 4 heteroatoms. The molecule has 1 saturated carbocycles. The second-order valence-corrected chi connectivity index (χ2v) is 5.07. The van der Waals surface area contributed by atoms with Gasteiger partial charge in [0.1, 0.15) is 5.78 Å².